The van der Waals surface area contributed by atoms with E-state index in [2.05, 4.69) is 12.0 Å². The third-order valence-corrected chi connectivity index (χ3v) is 3.71. The van der Waals surface area contributed by atoms with Crippen molar-refractivity contribution in [3.63, 3.8) is 0 Å². The minimum absolute atomic E-state index is 0.555. The Bertz CT molecular complexity index is 347. The summed E-state index contributed by atoms with van der Waals surface area (Å²) in [5.74, 6) is 0. The van der Waals surface area contributed by atoms with Crippen LogP contribution in [0.3, 0.4) is 0 Å². The number of nitrogen functional groups attached to an aromatic ring is 1. The van der Waals surface area contributed by atoms with Gasteiger partial charge in [0.15, 0.2) is 0 Å². The number of hydrogen-bond acceptors (Lipinski definition) is 4. The average molecular weight is 227 g/mol. The Kier molecular flexibility index (Phi) is 3.21. The summed E-state index contributed by atoms with van der Waals surface area (Å²) in [6.07, 6.45) is 1.08. The molecule has 1 fully saturated rings. The van der Waals surface area contributed by atoms with Gasteiger partial charge in [0, 0.05) is 6.54 Å². The van der Waals surface area contributed by atoms with E-state index in [1.165, 1.54) is 0 Å². The molecular formula is C10H17N3OS. The number of aromatic nitrogens is 2. The van der Waals surface area contributed by atoms with Crippen LogP contribution in [0.5, 0.6) is 0 Å². The summed E-state index contributed by atoms with van der Waals surface area (Å²) in [4.78, 5) is 0. The molecule has 4 nitrogen and oxygen atoms in total. The molecule has 1 aromatic heterocycles. The van der Waals surface area contributed by atoms with Crippen LogP contribution < -0.4 is 5.73 Å². The van der Waals surface area contributed by atoms with Crippen molar-refractivity contribution in [2.45, 2.75) is 37.1 Å². The molecule has 84 valence electrons. The molecular weight excluding hydrogens is 210 g/mol. The van der Waals surface area contributed by atoms with Crippen molar-refractivity contribution in [1.82, 2.24) is 9.78 Å². The van der Waals surface area contributed by atoms with E-state index < -0.39 is 0 Å². The van der Waals surface area contributed by atoms with Gasteiger partial charge in [-0.3, -0.25) is 4.68 Å². The van der Waals surface area contributed by atoms with Gasteiger partial charge in [0.05, 0.1) is 29.8 Å². The first-order valence-corrected chi connectivity index (χ1v) is 6.17. The van der Waals surface area contributed by atoms with Crippen molar-refractivity contribution in [2.24, 2.45) is 0 Å². The van der Waals surface area contributed by atoms with E-state index in [-0.39, 0.29) is 0 Å². The van der Waals surface area contributed by atoms with Gasteiger partial charge >= 0.3 is 0 Å². The van der Waals surface area contributed by atoms with Crippen molar-refractivity contribution >= 4 is 17.4 Å². The first-order valence-electron chi connectivity index (χ1n) is 5.29. The highest BCUT2D eigenvalue weighted by Gasteiger charge is 2.23. The number of ether oxygens (including phenoxy) is 1. The summed E-state index contributed by atoms with van der Waals surface area (Å²) in [7, 11) is 0. The van der Waals surface area contributed by atoms with E-state index in [1.807, 2.05) is 11.6 Å². The smallest absolute Gasteiger partial charge is 0.118 e. The van der Waals surface area contributed by atoms with E-state index in [4.69, 9.17) is 10.5 Å². The second kappa shape index (κ2) is 4.45. The van der Waals surface area contributed by atoms with Crippen LogP contribution >= 0.6 is 11.8 Å². The number of thioether (sulfide) groups is 1. The van der Waals surface area contributed by atoms with Gasteiger partial charge in [-0.15, -0.1) is 0 Å². The normalized spacial score (nSPS) is 16.7. The summed E-state index contributed by atoms with van der Waals surface area (Å²) in [6, 6.07) is 0. The maximum Gasteiger partial charge on any atom is 0.118 e. The van der Waals surface area contributed by atoms with E-state index in [0.717, 1.165) is 42.6 Å². The van der Waals surface area contributed by atoms with Gasteiger partial charge in [0.1, 0.15) is 5.03 Å². The van der Waals surface area contributed by atoms with E-state index >= 15 is 0 Å². The first kappa shape index (κ1) is 10.8. The molecule has 15 heavy (non-hydrogen) atoms. The molecule has 0 atom stereocenters. The fourth-order valence-electron chi connectivity index (χ4n) is 1.50. The lowest BCUT2D eigenvalue weighted by Crippen LogP contribution is -2.30. The summed E-state index contributed by atoms with van der Waals surface area (Å²) in [5, 5.41) is 6.11. The largest absolute Gasteiger partial charge is 0.395 e. The van der Waals surface area contributed by atoms with Crippen LogP contribution in [0.25, 0.3) is 0 Å². The lowest BCUT2D eigenvalue weighted by atomic mass is 10.4. The summed E-state index contributed by atoms with van der Waals surface area (Å²) >= 11 is 1.79. The maximum atomic E-state index is 6.02. The third-order valence-electron chi connectivity index (χ3n) is 2.45. The fraction of sp³-hybridized carbons (Fsp3) is 0.700. The summed E-state index contributed by atoms with van der Waals surface area (Å²) in [6.45, 7) is 6.71. The van der Waals surface area contributed by atoms with Crippen LogP contribution in [-0.2, 0) is 11.3 Å². The molecule has 2 N–H and O–H groups in total. The lowest BCUT2D eigenvalue weighted by molar-refractivity contribution is 0.0454. The van der Waals surface area contributed by atoms with Gasteiger partial charge in [-0.1, -0.05) is 18.7 Å². The minimum Gasteiger partial charge on any atom is -0.395 e. The molecule has 0 aliphatic carbocycles. The first-order chi connectivity index (χ1) is 7.22. The van der Waals surface area contributed by atoms with Crippen LogP contribution in [0.15, 0.2) is 5.03 Å². The molecule has 0 aromatic carbocycles. The Morgan fingerprint density at radius 2 is 2.33 bits per heavy atom. The zero-order valence-electron chi connectivity index (χ0n) is 9.19. The van der Waals surface area contributed by atoms with E-state index in [0.29, 0.717) is 5.25 Å². The van der Waals surface area contributed by atoms with Gasteiger partial charge in [-0.2, -0.15) is 5.10 Å². The molecule has 2 rings (SSSR count). The fourth-order valence-corrected chi connectivity index (χ4v) is 2.67. The molecule has 1 saturated heterocycles. The number of nitrogens with zero attached hydrogens (tertiary/aromatic N) is 2. The van der Waals surface area contributed by atoms with E-state index in [9.17, 15) is 0 Å². The molecule has 1 aliphatic heterocycles. The van der Waals surface area contributed by atoms with Crippen molar-refractivity contribution in [3.05, 3.63) is 5.69 Å². The molecule has 2 heterocycles. The molecule has 0 unspecified atom stereocenters. The Morgan fingerprint density at radius 3 is 2.87 bits per heavy atom. The monoisotopic (exact) mass is 227 g/mol. The highest BCUT2D eigenvalue weighted by atomic mass is 32.2. The molecule has 1 aromatic rings. The van der Waals surface area contributed by atoms with Crippen LogP contribution in [-0.4, -0.2) is 28.2 Å². The second-order valence-electron chi connectivity index (χ2n) is 3.80. The predicted molar refractivity (Wildman–Crippen MR) is 62.1 cm³/mol. The van der Waals surface area contributed by atoms with Crippen molar-refractivity contribution < 1.29 is 4.74 Å². The van der Waals surface area contributed by atoms with E-state index in [1.54, 1.807) is 11.8 Å². The number of anilines is 1. The van der Waals surface area contributed by atoms with Gasteiger partial charge in [-0.25, -0.2) is 0 Å². The molecule has 0 saturated carbocycles. The Hall–Kier alpha value is -0.680. The molecule has 0 amide bonds. The maximum absolute atomic E-state index is 6.02. The SMILES string of the molecule is CCCn1nc(C)c(N)c1SC1COC1. The number of aryl methyl sites for hydroxylation is 2. The lowest BCUT2D eigenvalue weighted by Gasteiger charge is -2.25. The minimum atomic E-state index is 0.555. The van der Waals surface area contributed by atoms with Crippen LogP contribution in [0.1, 0.15) is 19.0 Å². The van der Waals surface area contributed by atoms with Crippen molar-refractivity contribution in [3.8, 4) is 0 Å². The van der Waals surface area contributed by atoms with Crippen LogP contribution in [0.2, 0.25) is 0 Å². The van der Waals surface area contributed by atoms with Crippen molar-refractivity contribution in [2.75, 3.05) is 18.9 Å². The van der Waals surface area contributed by atoms with Crippen molar-refractivity contribution in [1.29, 1.82) is 0 Å². The topological polar surface area (TPSA) is 53.1 Å². The van der Waals surface area contributed by atoms with Gasteiger partial charge in [0.2, 0.25) is 0 Å². The average Bonchev–Trinajstić information content (AvgIpc) is 2.38. The number of nitrogens with two attached hydrogens (primary N) is 1. The Labute approximate surface area is 94.2 Å². The Morgan fingerprint density at radius 1 is 1.60 bits per heavy atom. The zero-order chi connectivity index (χ0) is 10.8. The third kappa shape index (κ3) is 2.13. The van der Waals surface area contributed by atoms with Gasteiger partial charge in [0.25, 0.3) is 0 Å². The second-order valence-corrected chi connectivity index (χ2v) is 5.09. The quantitative estimate of drug-likeness (QED) is 0.850. The standard InChI is InChI=1S/C10H17N3OS/c1-3-4-13-10(9(11)7(2)12-13)15-8-5-14-6-8/h8H,3-6,11H2,1-2H3. The Balaban J connectivity index is 2.17. The molecule has 1 aliphatic rings. The molecule has 0 radical (unpaired) electrons. The highest BCUT2D eigenvalue weighted by Crippen LogP contribution is 2.33. The van der Waals surface area contributed by atoms with Crippen LogP contribution in [0.4, 0.5) is 5.69 Å². The number of hydrogen-bond donors (Lipinski definition) is 1. The van der Waals surface area contributed by atoms with Gasteiger partial charge in [-0.05, 0) is 13.3 Å². The molecule has 5 heteroatoms. The highest BCUT2D eigenvalue weighted by molar-refractivity contribution is 8.00. The summed E-state index contributed by atoms with van der Waals surface area (Å²) < 4.78 is 7.18. The number of rotatable bonds is 4. The molecule has 0 spiro atoms. The van der Waals surface area contributed by atoms with Crippen LogP contribution in [0, 0.1) is 6.92 Å². The van der Waals surface area contributed by atoms with Gasteiger partial charge < -0.3 is 10.5 Å². The zero-order valence-corrected chi connectivity index (χ0v) is 10.0. The molecule has 0 bridgehead atoms. The summed E-state index contributed by atoms with van der Waals surface area (Å²) in [5.41, 5.74) is 7.79. The predicted octanol–water partition coefficient (Wildman–Crippen LogP) is 1.67.